The van der Waals surface area contributed by atoms with Crippen LogP contribution in [0.5, 0.6) is 0 Å². The first-order valence-corrected chi connectivity index (χ1v) is 7.19. The highest BCUT2D eigenvalue weighted by molar-refractivity contribution is 8.15. The van der Waals surface area contributed by atoms with Gasteiger partial charge in [0.05, 0.1) is 11.3 Å². The van der Waals surface area contributed by atoms with E-state index in [0.29, 0.717) is 6.04 Å². The van der Waals surface area contributed by atoms with Gasteiger partial charge in [-0.1, -0.05) is 25.1 Å². The standard InChI is InChI=1S/C12H18N2OS/c1-2-10-11(15)14-12(16-10)13-9-6-7-3-4-8(9)5-7/h7-10H,2-6H2,1H3,(H,13,14,15)/t7-,8+,9+,10?/m0/s1. The molecule has 1 heterocycles. The topological polar surface area (TPSA) is 41.5 Å². The largest absolute Gasteiger partial charge is 0.304 e. The maximum atomic E-state index is 11.5. The number of nitrogens with one attached hydrogen (secondary N) is 1. The van der Waals surface area contributed by atoms with E-state index in [1.807, 2.05) is 0 Å². The molecule has 0 spiro atoms. The second-order valence-electron chi connectivity index (χ2n) is 5.18. The molecule has 3 nitrogen and oxygen atoms in total. The predicted octanol–water partition coefficient (Wildman–Crippen LogP) is 2.17. The summed E-state index contributed by atoms with van der Waals surface area (Å²) in [6.45, 7) is 2.05. The quantitative estimate of drug-likeness (QED) is 0.801. The van der Waals surface area contributed by atoms with Gasteiger partial charge in [0, 0.05) is 0 Å². The lowest BCUT2D eigenvalue weighted by Crippen LogP contribution is -2.26. The van der Waals surface area contributed by atoms with Gasteiger partial charge >= 0.3 is 0 Å². The van der Waals surface area contributed by atoms with Gasteiger partial charge in [0.15, 0.2) is 5.17 Å². The third-order valence-electron chi connectivity index (χ3n) is 4.13. The van der Waals surface area contributed by atoms with Crippen LogP contribution in [0.4, 0.5) is 0 Å². The van der Waals surface area contributed by atoms with E-state index in [2.05, 4.69) is 12.2 Å². The van der Waals surface area contributed by atoms with Crippen LogP contribution in [0.25, 0.3) is 0 Å². The van der Waals surface area contributed by atoms with Gasteiger partial charge in [-0.2, -0.15) is 0 Å². The van der Waals surface area contributed by atoms with Crippen molar-refractivity contribution in [3.63, 3.8) is 0 Å². The summed E-state index contributed by atoms with van der Waals surface area (Å²) in [5.41, 5.74) is 0. The highest BCUT2D eigenvalue weighted by Gasteiger charge is 2.40. The molecule has 16 heavy (non-hydrogen) atoms. The molecule has 3 aliphatic rings. The van der Waals surface area contributed by atoms with Crippen molar-refractivity contribution < 1.29 is 4.79 Å². The summed E-state index contributed by atoms with van der Waals surface area (Å²) in [5.74, 6) is 1.87. The lowest BCUT2D eigenvalue weighted by Gasteiger charge is -2.17. The van der Waals surface area contributed by atoms with Gasteiger partial charge in [-0.05, 0) is 37.5 Å². The minimum absolute atomic E-state index is 0.0948. The van der Waals surface area contributed by atoms with Gasteiger partial charge in [0.1, 0.15) is 0 Å². The summed E-state index contributed by atoms with van der Waals surface area (Å²) < 4.78 is 0. The molecule has 4 atom stereocenters. The monoisotopic (exact) mass is 238 g/mol. The Bertz CT molecular complexity index is 342. The lowest BCUT2D eigenvalue weighted by atomic mass is 9.96. The Labute approximate surface area is 100 Å². The number of rotatable bonds is 2. The van der Waals surface area contributed by atoms with Crippen molar-refractivity contribution in [1.29, 1.82) is 0 Å². The van der Waals surface area contributed by atoms with Crippen LogP contribution in [0, 0.1) is 11.8 Å². The Morgan fingerprint density at radius 3 is 2.88 bits per heavy atom. The molecule has 1 amide bonds. The molecule has 1 saturated heterocycles. The Hall–Kier alpha value is -0.510. The number of fused-ring (bicyclic) bond motifs is 2. The van der Waals surface area contributed by atoms with Crippen LogP contribution in [0.3, 0.4) is 0 Å². The van der Waals surface area contributed by atoms with Crippen molar-refractivity contribution in [3.05, 3.63) is 0 Å². The number of amides is 1. The van der Waals surface area contributed by atoms with E-state index in [4.69, 9.17) is 4.99 Å². The average molecular weight is 238 g/mol. The molecule has 3 fully saturated rings. The summed E-state index contributed by atoms with van der Waals surface area (Å²) >= 11 is 1.62. The number of carbonyl (C=O) groups excluding carboxylic acids is 1. The Balaban J connectivity index is 1.68. The van der Waals surface area contributed by atoms with Crippen LogP contribution in [-0.4, -0.2) is 22.4 Å². The number of carbonyl (C=O) groups is 1. The second-order valence-corrected chi connectivity index (χ2v) is 6.37. The molecule has 1 N–H and O–H groups in total. The second kappa shape index (κ2) is 4.06. The highest BCUT2D eigenvalue weighted by Crippen LogP contribution is 2.46. The summed E-state index contributed by atoms with van der Waals surface area (Å²) in [5, 5.41) is 3.89. The van der Waals surface area contributed by atoms with Crippen LogP contribution < -0.4 is 5.32 Å². The predicted molar refractivity (Wildman–Crippen MR) is 66.5 cm³/mol. The van der Waals surface area contributed by atoms with E-state index in [0.717, 1.165) is 23.4 Å². The molecule has 3 rings (SSSR count). The van der Waals surface area contributed by atoms with Crippen LogP contribution in [0.2, 0.25) is 0 Å². The highest BCUT2D eigenvalue weighted by atomic mass is 32.2. The minimum atomic E-state index is 0.0948. The number of aliphatic imine (C=N–C) groups is 1. The molecule has 88 valence electrons. The van der Waals surface area contributed by atoms with E-state index in [1.54, 1.807) is 11.8 Å². The van der Waals surface area contributed by atoms with Crippen LogP contribution in [-0.2, 0) is 4.79 Å². The SMILES string of the molecule is CCC1SC(=N[C@@H]2C[C@H]3CC[C@@H]2C3)NC1=O. The van der Waals surface area contributed by atoms with Gasteiger partial charge in [-0.15, -0.1) is 0 Å². The zero-order valence-corrected chi connectivity index (χ0v) is 10.4. The molecular weight excluding hydrogens is 220 g/mol. The summed E-state index contributed by atoms with van der Waals surface area (Å²) in [7, 11) is 0. The lowest BCUT2D eigenvalue weighted by molar-refractivity contribution is -0.118. The fourth-order valence-corrected chi connectivity index (χ4v) is 4.21. The summed E-state index contributed by atoms with van der Waals surface area (Å²) in [6, 6.07) is 0.497. The Morgan fingerprint density at radius 2 is 2.31 bits per heavy atom. The third kappa shape index (κ3) is 1.77. The molecule has 2 bridgehead atoms. The molecule has 0 aromatic rings. The number of amidine groups is 1. The number of hydrogen-bond donors (Lipinski definition) is 1. The van der Waals surface area contributed by atoms with E-state index >= 15 is 0 Å². The third-order valence-corrected chi connectivity index (χ3v) is 5.39. The fraction of sp³-hybridized carbons (Fsp3) is 0.833. The normalized spacial score (nSPS) is 44.3. The van der Waals surface area contributed by atoms with Crippen molar-refractivity contribution in [2.24, 2.45) is 16.8 Å². The first kappa shape index (κ1) is 10.6. The minimum Gasteiger partial charge on any atom is -0.304 e. The maximum absolute atomic E-state index is 11.5. The van der Waals surface area contributed by atoms with Crippen LogP contribution in [0.1, 0.15) is 39.0 Å². The molecule has 0 aromatic heterocycles. The van der Waals surface area contributed by atoms with Gasteiger partial charge < -0.3 is 5.32 Å². The molecule has 4 heteroatoms. The first-order chi connectivity index (χ1) is 7.76. The molecule has 0 aromatic carbocycles. The molecule has 1 aliphatic heterocycles. The number of hydrogen-bond acceptors (Lipinski definition) is 3. The summed E-state index contributed by atoms with van der Waals surface area (Å²) in [6.07, 6.45) is 6.27. The van der Waals surface area contributed by atoms with Gasteiger partial charge in [-0.3, -0.25) is 9.79 Å². The van der Waals surface area contributed by atoms with Gasteiger partial charge in [-0.25, -0.2) is 0 Å². The van der Waals surface area contributed by atoms with Crippen molar-refractivity contribution in [3.8, 4) is 0 Å². The Kier molecular flexibility index (Phi) is 2.70. The van der Waals surface area contributed by atoms with Crippen molar-refractivity contribution >= 4 is 22.8 Å². The number of thioether (sulfide) groups is 1. The smallest absolute Gasteiger partial charge is 0.239 e. The van der Waals surface area contributed by atoms with Crippen LogP contribution in [0.15, 0.2) is 4.99 Å². The van der Waals surface area contributed by atoms with Gasteiger partial charge in [0.25, 0.3) is 0 Å². The first-order valence-electron chi connectivity index (χ1n) is 6.31. The molecule has 2 aliphatic carbocycles. The van der Waals surface area contributed by atoms with Crippen molar-refractivity contribution in [1.82, 2.24) is 5.32 Å². The zero-order chi connectivity index (χ0) is 11.1. The average Bonchev–Trinajstić information content (AvgIpc) is 2.93. The molecule has 0 radical (unpaired) electrons. The van der Waals surface area contributed by atoms with E-state index < -0.39 is 0 Å². The van der Waals surface area contributed by atoms with E-state index in [1.165, 1.54) is 25.7 Å². The fourth-order valence-electron chi connectivity index (χ4n) is 3.25. The van der Waals surface area contributed by atoms with Gasteiger partial charge in [0.2, 0.25) is 5.91 Å². The Morgan fingerprint density at radius 1 is 1.44 bits per heavy atom. The summed E-state index contributed by atoms with van der Waals surface area (Å²) in [4.78, 5) is 16.3. The molecule has 1 unspecified atom stereocenters. The molecule has 2 saturated carbocycles. The van der Waals surface area contributed by atoms with E-state index in [-0.39, 0.29) is 11.2 Å². The van der Waals surface area contributed by atoms with Crippen molar-refractivity contribution in [2.75, 3.05) is 0 Å². The maximum Gasteiger partial charge on any atom is 0.239 e. The van der Waals surface area contributed by atoms with E-state index in [9.17, 15) is 4.79 Å². The van der Waals surface area contributed by atoms with Crippen LogP contribution >= 0.6 is 11.8 Å². The number of nitrogens with zero attached hydrogens (tertiary/aromatic N) is 1. The molecular formula is C12H18N2OS. The van der Waals surface area contributed by atoms with Crippen molar-refractivity contribution in [2.45, 2.75) is 50.3 Å². The zero-order valence-electron chi connectivity index (χ0n) is 9.61.